The van der Waals surface area contributed by atoms with Gasteiger partial charge < -0.3 is 15.2 Å². The standard InChI is InChI=1S/C17H13BrN2O3S/c1-23-14-8-10(6-7-13(14)21)9-15-16(22)20-17(24-15)19-12-5-3-2-4-11(12)18/h2-9,21H,1H3,(H,19,20,22)/b15-9-. The second-order valence-corrected chi connectivity index (χ2v) is 6.75. The molecule has 1 heterocycles. The zero-order valence-electron chi connectivity index (χ0n) is 12.6. The van der Waals surface area contributed by atoms with Crippen LogP contribution in [-0.2, 0) is 4.79 Å². The van der Waals surface area contributed by atoms with Gasteiger partial charge in [0.05, 0.1) is 17.7 Å². The van der Waals surface area contributed by atoms with Crippen LogP contribution in [0.4, 0.5) is 5.69 Å². The van der Waals surface area contributed by atoms with Crippen LogP contribution < -0.4 is 10.1 Å². The number of phenolic OH excluding ortho intramolecular Hbond substituents is 1. The van der Waals surface area contributed by atoms with Crippen molar-refractivity contribution >= 4 is 50.5 Å². The number of hydrogen-bond acceptors (Lipinski definition) is 5. The van der Waals surface area contributed by atoms with E-state index in [1.165, 1.54) is 24.9 Å². The summed E-state index contributed by atoms with van der Waals surface area (Å²) in [6.45, 7) is 0. The Morgan fingerprint density at radius 2 is 2.08 bits per heavy atom. The maximum Gasteiger partial charge on any atom is 0.264 e. The van der Waals surface area contributed by atoms with Crippen LogP contribution in [0.2, 0.25) is 0 Å². The molecule has 3 rings (SSSR count). The zero-order valence-corrected chi connectivity index (χ0v) is 15.0. The molecule has 0 aliphatic carbocycles. The Bertz CT molecular complexity index is 865. The van der Waals surface area contributed by atoms with Gasteiger partial charge in [0.15, 0.2) is 16.7 Å². The monoisotopic (exact) mass is 404 g/mol. The van der Waals surface area contributed by atoms with Gasteiger partial charge >= 0.3 is 0 Å². The molecule has 0 saturated carbocycles. The molecule has 0 spiro atoms. The number of rotatable bonds is 3. The summed E-state index contributed by atoms with van der Waals surface area (Å²) in [5, 5.41) is 12.9. The maximum absolute atomic E-state index is 12.1. The summed E-state index contributed by atoms with van der Waals surface area (Å²) in [5.74, 6) is 0.201. The third-order valence-electron chi connectivity index (χ3n) is 3.23. The lowest BCUT2D eigenvalue weighted by Crippen LogP contribution is -2.19. The maximum atomic E-state index is 12.1. The van der Waals surface area contributed by atoms with Crippen LogP contribution in [-0.4, -0.2) is 23.3 Å². The van der Waals surface area contributed by atoms with Crippen molar-refractivity contribution in [2.75, 3.05) is 7.11 Å². The minimum Gasteiger partial charge on any atom is -0.504 e. The molecule has 0 unspecified atom stereocenters. The molecule has 5 nitrogen and oxygen atoms in total. The number of carbonyl (C=O) groups is 1. The number of ether oxygens (including phenoxy) is 1. The number of para-hydroxylation sites is 1. The first-order valence-electron chi connectivity index (χ1n) is 6.98. The Hall–Kier alpha value is -2.25. The number of aliphatic imine (C=N–C) groups is 1. The van der Waals surface area contributed by atoms with Crippen LogP contribution >= 0.6 is 27.7 Å². The molecule has 0 radical (unpaired) electrons. The lowest BCUT2D eigenvalue weighted by molar-refractivity contribution is -0.115. The highest BCUT2D eigenvalue weighted by Gasteiger charge is 2.24. The van der Waals surface area contributed by atoms with Crippen LogP contribution in [0, 0.1) is 0 Å². The summed E-state index contributed by atoms with van der Waals surface area (Å²) < 4.78 is 5.93. The normalized spacial score (nSPS) is 17.3. The number of amides is 1. The number of aromatic hydroxyl groups is 1. The molecule has 7 heteroatoms. The van der Waals surface area contributed by atoms with Crippen LogP contribution in [0.1, 0.15) is 5.56 Å². The first-order chi connectivity index (χ1) is 11.6. The zero-order chi connectivity index (χ0) is 17.1. The quantitative estimate of drug-likeness (QED) is 0.756. The first-order valence-corrected chi connectivity index (χ1v) is 8.59. The van der Waals surface area contributed by atoms with Crippen LogP contribution in [0.25, 0.3) is 6.08 Å². The van der Waals surface area contributed by atoms with Gasteiger partial charge in [-0.25, -0.2) is 4.99 Å². The van der Waals surface area contributed by atoms with E-state index in [2.05, 4.69) is 26.2 Å². The van der Waals surface area contributed by atoms with E-state index in [-0.39, 0.29) is 11.7 Å². The Morgan fingerprint density at radius 1 is 1.29 bits per heavy atom. The number of phenols is 1. The van der Waals surface area contributed by atoms with Crippen molar-refractivity contribution in [1.29, 1.82) is 0 Å². The molecule has 2 N–H and O–H groups in total. The third kappa shape index (κ3) is 3.63. The van der Waals surface area contributed by atoms with E-state index in [4.69, 9.17) is 4.74 Å². The molecule has 0 aromatic heterocycles. The number of thioether (sulfide) groups is 1. The van der Waals surface area contributed by atoms with Crippen LogP contribution in [0.5, 0.6) is 11.5 Å². The van der Waals surface area contributed by atoms with Gasteiger partial charge in [0, 0.05) is 4.47 Å². The van der Waals surface area contributed by atoms with E-state index in [1.54, 1.807) is 18.2 Å². The highest BCUT2D eigenvalue weighted by molar-refractivity contribution is 9.10. The molecule has 122 valence electrons. The van der Waals surface area contributed by atoms with E-state index in [9.17, 15) is 9.90 Å². The fourth-order valence-electron chi connectivity index (χ4n) is 2.07. The van der Waals surface area contributed by atoms with Gasteiger partial charge in [-0.1, -0.05) is 18.2 Å². The highest BCUT2D eigenvalue weighted by Crippen LogP contribution is 2.32. The molecular formula is C17H13BrN2O3S. The topological polar surface area (TPSA) is 70.9 Å². The molecule has 1 aliphatic rings. The number of nitrogens with zero attached hydrogens (tertiary/aromatic N) is 1. The van der Waals surface area contributed by atoms with Crippen molar-refractivity contribution in [3.8, 4) is 11.5 Å². The smallest absolute Gasteiger partial charge is 0.264 e. The van der Waals surface area contributed by atoms with E-state index in [0.717, 1.165) is 15.7 Å². The van der Waals surface area contributed by atoms with Crippen molar-refractivity contribution in [3.05, 3.63) is 57.4 Å². The molecular weight excluding hydrogens is 392 g/mol. The largest absolute Gasteiger partial charge is 0.504 e. The number of carbonyl (C=O) groups excluding carboxylic acids is 1. The van der Waals surface area contributed by atoms with E-state index in [0.29, 0.717) is 15.8 Å². The lowest BCUT2D eigenvalue weighted by Gasteiger charge is -2.03. The van der Waals surface area contributed by atoms with Crippen molar-refractivity contribution in [3.63, 3.8) is 0 Å². The van der Waals surface area contributed by atoms with Gasteiger partial charge in [-0.15, -0.1) is 0 Å². The molecule has 24 heavy (non-hydrogen) atoms. The van der Waals surface area contributed by atoms with E-state index in [1.807, 2.05) is 24.3 Å². The SMILES string of the molecule is COc1cc(/C=C2\S/C(=N\c3ccccc3Br)NC2=O)ccc1O. The summed E-state index contributed by atoms with van der Waals surface area (Å²) in [4.78, 5) is 17.1. The average Bonchev–Trinajstić information content (AvgIpc) is 2.91. The number of amidine groups is 1. The number of halogens is 1. The van der Waals surface area contributed by atoms with Crippen molar-refractivity contribution in [2.24, 2.45) is 4.99 Å². The fraction of sp³-hybridized carbons (Fsp3) is 0.0588. The summed E-state index contributed by atoms with van der Waals surface area (Å²) in [6.07, 6.45) is 1.73. The fourth-order valence-corrected chi connectivity index (χ4v) is 3.28. The molecule has 0 bridgehead atoms. The van der Waals surface area contributed by atoms with Gasteiger partial charge in [-0.3, -0.25) is 4.79 Å². The van der Waals surface area contributed by atoms with Crippen molar-refractivity contribution in [1.82, 2.24) is 5.32 Å². The second kappa shape index (κ2) is 7.11. The molecule has 2 aromatic carbocycles. The Balaban J connectivity index is 1.86. The van der Waals surface area contributed by atoms with Crippen molar-refractivity contribution in [2.45, 2.75) is 0 Å². The predicted octanol–water partition coefficient (Wildman–Crippen LogP) is 4.05. The first kappa shape index (κ1) is 16.6. The second-order valence-electron chi connectivity index (χ2n) is 4.86. The average molecular weight is 405 g/mol. The van der Waals surface area contributed by atoms with Gasteiger partial charge in [-0.05, 0) is 63.6 Å². The minimum atomic E-state index is -0.210. The Labute approximate surface area is 151 Å². The molecule has 1 amide bonds. The van der Waals surface area contributed by atoms with Crippen molar-refractivity contribution < 1.29 is 14.6 Å². The lowest BCUT2D eigenvalue weighted by atomic mass is 10.2. The van der Waals surface area contributed by atoms with Gasteiger partial charge in [0.2, 0.25) is 0 Å². The Morgan fingerprint density at radius 3 is 2.83 bits per heavy atom. The summed E-state index contributed by atoms with van der Waals surface area (Å²) in [5.41, 5.74) is 1.50. The summed E-state index contributed by atoms with van der Waals surface area (Å²) >= 11 is 4.69. The highest BCUT2D eigenvalue weighted by atomic mass is 79.9. The number of hydrogen-bond donors (Lipinski definition) is 2. The molecule has 0 atom stereocenters. The number of methoxy groups -OCH3 is 1. The molecule has 1 fully saturated rings. The minimum absolute atomic E-state index is 0.0550. The van der Waals surface area contributed by atoms with Crippen LogP contribution in [0.3, 0.4) is 0 Å². The summed E-state index contributed by atoms with van der Waals surface area (Å²) in [6, 6.07) is 12.4. The van der Waals surface area contributed by atoms with Crippen LogP contribution in [0.15, 0.2) is 56.8 Å². The Kier molecular flexibility index (Phi) is 4.92. The number of nitrogens with one attached hydrogen (secondary N) is 1. The van der Waals surface area contributed by atoms with E-state index < -0.39 is 0 Å². The van der Waals surface area contributed by atoms with Gasteiger partial charge in [0.25, 0.3) is 5.91 Å². The molecule has 1 aliphatic heterocycles. The van der Waals surface area contributed by atoms with E-state index >= 15 is 0 Å². The van der Waals surface area contributed by atoms with Gasteiger partial charge in [-0.2, -0.15) is 0 Å². The molecule has 2 aromatic rings. The number of benzene rings is 2. The van der Waals surface area contributed by atoms with Gasteiger partial charge in [0.1, 0.15) is 0 Å². The molecule has 1 saturated heterocycles. The predicted molar refractivity (Wildman–Crippen MR) is 99.6 cm³/mol. The third-order valence-corrected chi connectivity index (χ3v) is 4.81. The summed E-state index contributed by atoms with van der Waals surface area (Å²) in [7, 11) is 1.48.